The summed E-state index contributed by atoms with van der Waals surface area (Å²) in [5.41, 5.74) is 1.88. The van der Waals surface area contributed by atoms with Crippen LogP contribution < -0.4 is 4.90 Å². The van der Waals surface area contributed by atoms with Crippen molar-refractivity contribution in [3.8, 4) is 0 Å². The highest BCUT2D eigenvalue weighted by molar-refractivity contribution is 7.91. The van der Waals surface area contributed by atoms with E-state index in [0.29, 0.717) is 4.90 Å². The molecule has 0 saturated carbocycles. The van der Waals surface area contributed by atoms with E-state index in [1.165, 1.54) is 0 Å². The van der Waals surface area contributed by atoms with E-state index in [1.54, 1.807) is 6.07 Å². The third-order valence-electron chi connectivity index (χ3n) is 3.55. The minimum atomic E-state index is -3.15. The molecule has 0 amide bonds. The molecule has 1 heterocycles. The second-order valence-electron chi connectivity index (χ2n) is 6.11. The molecule has 18 heavy (non-hydrogen) atoms. The van der Waals surface area contributed by atoms with Crippen molar-refractivity contribution in [2.75, 3.05) is 24.7 Å². The summed E-state index contributed by atoms with van der Waals surface area (Å²) >= 11 is 0. The summed E-state index contributed by atoms with van der Waals surface area (Å²) in [6.45, 7) is 4.06. The summed E-state index contributed by atoms with van der Waals surface area (Å²) in [4.78, 5) is 2.53. The van der Waals surface area contributed by atoms with E-state index >= 15 is 0 Å². The minimum absolute atomic E-state index is 0.143. The Morgan fingerprint density at radius 2 is 1.89 bits per heavy atom. The smallest absolute Gasteiger partial charge is 0.179 e. The Labute approximate surface area is 110 Å². The largest absolute Gasteiger partial charge is 0.378 e. The van der Waals surface area contributed by atoms with E-state index in [-0.39, 0.29) is 11.2 Å². The van der Waals surface area contributed by atoms with E-state index in [0.717, 1.165) is 24.1 Å². The maximum Gasteiger partial charge on any atom is 0.179 e. The number of anilines is 1. The van der Waals surface area contributed by atoms with E-state index < -0.39 is 9.84 Å². The van der Waals surface area contributed by atoms with Gasteiger partial charge in [-0.3, -0.25) is 0 Å². The normalized spacial score (nSPS) is 20.9. The van der Waals surface area contributed by atoms with Crippen LogP contribution in [0.4, 0.5) is 5.69 Å². The highest BCUT2D eigenvalue weighted by Gasteiger charge is 2.32. The molecule has 3 nitrogen and oxygen atoms in total. The molecule has 0 unspecified atom stereocenters. The van der Waals surface area contributed by atoms with Crippen molar-refractivity contribution in [2.45, 2.75) is 31.6 Å². The number of benzene rings is 1. The summed E-state index contributed by atoms with van der Waals surface area (Å²) < 4.78 is 24.8. The van der Waals surface area contributed by atoms with Crippen molar-refractivity contribution in [3.63, 3.8) is 0 Å². The van der Waals surface area contributed by atoms with Crippen LogP contribution in [0, 0.1) is 5.41 Å². The number of hydrogen-bond donors (Lipinski definition) is 0. The maximum atomic E-state index is 12.4. The van der Waals surface area contributed by atoms with Crippen molar-refractivity contribution in [1.29, 1.82) is 0 Å². The molecule has 1 aromatic rings. The number of hydrogen-bond acceptors (Lipinski definition) is 3. The molecule has 1 aliphatic rings. The van der Waals surface area contributed by atoms with Crippen molar-refractivity contribution in [3.05, 3.63) is 23.8 Å². The molecule has 100 valence electrons. The van der Waals surface area contributed by atoms with Gasteiger partial charge in [0.2, 0.25) is 0 Å². The average molecular weight is 267 g/mol. The van der Waals surface area contributed by atoms with E-state index in [9.17, 15) is 8.42 Å². The summed E-state index contributed by atoms with van der Waals surface area (Å²) in [7, 11) is 0.791. The third-order valence-corrected chi connectivity index (χ3v) is 5.78. The van der Waals surface area contributed by atoms with Crippen molar-refractivity contribution in [2.24, 2.45) is 5.41 Å². The van der Waals surface area contributed by atoms with Gasteiger partial charge in [0.15, 0.2) is 9.84 Å². The molecule has 0 atom stereocenters. The predicted octanol–water partition coefficient (Wildman–Crippen LogP) is 2.50. The Hall–Kier alpha value is -1.03. The van der Waals surface area contributed by atoms with Gasteiger partial charge in [-0.25, -0.2) is 8.42 Å². The first-order valence-electron chi connectivity index (χ1n) is 6.24. The first-order valence-corrected chi connectivity index (χ1v) is 7.90. The summed E-state index contributed by atoms with van der Waals surface area (Å²) in [5, 5.41) is 0. The predicted molar refractivity (Wildman–Crippen MR) is 74.9 cm³/mol. The fourth-order valence-electron chi connectivity index (χ4n) is 2.48. The number of aryl methyl sites for hydroxylation is 1. The SMILES string of the molecule is CN(C)c1ccc2c(c1)CCC(C)(C)CS2(=O)=O. The molecular weight excluding hydrogens is 246 g/mol. The minimum Gasteiger partial charge on any atom is -0.378 e. The van der Waals surface area contributed by atoms with Crippen LogP contribution >= 0.6 is 0 Å². The van der Waals surface area contributed by atoms with Crippen LogP contribution in [0.15, 0.2) is 23.1 Å². The zero-order valence-electron chi connectivity index (χ0n) is 11.5. The zero-order valence-corrected chi connectivity index (χ0v) is 12.3. The van der Waals surface area contributed by atoms with Crippen LogP contribution in [0.2, 0.25) is 0 Å². The maximum absolute atomic E-state index is 12.4. The molecule has 1 aromatic carbocycles. The van der Waals surface area contributed by atoms with E-state index in [4.69, 9.17) is 0 Å². The second kappa shape index (κ2) is 4.26. The molecule has 0 bridgehead atoms. The van der Waals surface area contributed by atoms with Crippen molar-refractivity contribution in [1.82, 2.24) is 0 Å². The molecule has 0 aromatic heterocycles. The Kier molecular flexibility index (Phi) is 3.18. The van der Waals surface area contributed by atoms with E-state index in [1.807, 2.05) is 45.0 Å². The monoisotopic (exact) mass is 267 g/mol. The van der Waals surface area contributed by atoms with Gasteiger partial charge in [-0.15, -0.1) is 0 Å². The molecule has 1 aliphatic heterocycles. The number of rotatable bonds is 1. The Morgan fingerprint density at radius 3 is 2.50 bits per heavy atom. The Bertz CT molecular complexity index is 559. The molecule has 4 heteroatoms. The fraction of sp³-hybridized carbons (Fsp3) is 0.571. The Balaban J connectivity index is 2.55. The zero-order chi connectivity index (χ0) is 13.6. The van der Waals surface area contributed by atoms with Gasteiger partial charge in [0, 0.05) is 19.8 Å². The van der Waals surface area contributed by atoms with Crippen molar-refractivity contribution >= 4 is 15.5 Å². The van der Waals surface area contributed by atoms with Gasteiger partial charge in [-0.2, -0.15) is 0 Å². The van der Waals surface area contributed by atoms with Gasteiger partial charge < -0.3 is 4.90 Å². The lowest BCUT2D eigenvalue weighted by molar-refractivity contribution is 0.383. The lowest BCUT2D eigenvalue weighted by atomic mass is 9.88. The second-order valence-corrected chi connectivity index (χ2v) is 8.07. The van der Waals surface area contributed by atoms with Crippen LogP contribution in [0.1, 0.15) is 25.8 Å². The van der Waals surface area contributed by atoms with Crippen LogP contribution in [0.5, 0.6) is 0 Å². The lowest BCUT2D eigenvalue weighted by Gasteiger charge is -2.20. The van der Waals surface area contributed by atoms with Gasteiger partial charge >= 0.3 is 0 Å². The average Bonchev–Trinajstić information content (AvgIpc) is 2.32. The molecule has 0 saturated heterocycles. The van der Waals surface area contributed by atoms with Crippen LogP contribution in [0.25, 0.3) is 0 Å². The first kappa shape index (κ1) is 13.4. The van der Waals surface area contributed by atoms with Gasteiger partial charge in [0.25, 0.3) is 0 Å². The molecule has 2 rings (SSSR count). The lowest BCUT2D eigenvalue weighted by Crippen LogP contribution is -2.22. The molecule has 0 N–H and O–H groups in total. The third kappa shape index (κ3) is 2.53. The summed E-state index contributed by atoms with van der Waals surface area (Å²) in [6.07, 6.45) is 1.75. The number of fused-ring (bicyclic) bond motifs is 1. The number of nitrogens with zero attached hydrogens (tertiary/aromatic N) is 1. The van der Waals surface area contributed by atoms with Crippen LogP contribution in [-0.4, -0.2) is 28.3 Å². The van der Waals surface area contributed by atoms with E-state index in [2.05, 4.69) is 0 Å². The fourth-order valence-corrected chi connectivity index (χ4v) is 4.64. The van der Waals surface area contributed by atoms with Gasteiger partial charge in [0.05, 0.1) is 10.6 Å². The molecule has 0 spiro atoms. The van der Waals surface area contributed by atoms with Crippen molar-refractivity contribution < 1.29 is 8.42 Å². The van der Waals surface area contributed by atoms with Crippen LogP contribution in [-0.2, 0) is 16.3 Å². The molecule has 0 aliphatic carbocycles. The summed E-state index contributed by atoms with van der Waals surface area (Å²) in [5.74, 6) is 0.244. The highest BCUT2D eigenvalue weighted by Crippen LogP contribution is 2.35. The van der Waals surface area contributed by atoms with Gasteiger partial charge in [-0.1, -0.05) is 13.8 Å². The van der Waals surface area contributed by atoms with Crippen LogP contribution in [0.3, 0.4) is 0 Å². The molecular formula is C14H21NO2S. The quantitative estimate of drug-likeness (QED) is 0.784. The topological polar surface area (TPSA) is 37.4 Å². The first-order chi connectivity index (χ1) is 8.21. The molecule has 0 fully saturated rings. The van der Waals surface area contributed by atoms with Gasteiger partial charge in [0.1, 0.15) is 0 Å². The highest BCUT2D eigenvalue weighted by atomic mass is 32.2. The number of sulfone groups is 1. The molecule has 0 radical (unpaired) electrons. The summed E-state index contributed by atoms with van der Waals surface area (Å²) in [6, 6.07) is 5.66. The standard InChI is InChI=1S/C14H21NO2S/c1-14(2)8-7-11-9-12(15(3)4)5-6-13(11)18(16,17)10-14/h5-6,9H,7-8,10H2,1-4H3. The van der Waals surface area contributed by atoms with Gasteiger partial charge in [-0.05, 0) is 42.0 Å². The Morgan fingerprint density at radius 1 is 1.22 bits per heavy atom.